The maximum absolute atomic E-state index is 12.9. The quantitative estimate of drug-likeness (QED) is 0.280. The molecule has 1 aromatic carbocycles. The van der Waals surface area contributed by atoms with Gasteiger partial charge in [-0.05, 0) is 56.4 Å². The van der Waals surface area contributed by atoms with Gasteiger partial charge in [-0.1, -0.05) is 30.3 Å². The third-order valence-electron chi connectivity index (χ3n) is 4.57. The second-order valence-electron chi connectivity index (χ2n) is 6.74. The first-order valence-corrected chi connectivity index (χ1v) is 10.7. The first-order chi connectivity index (χ1) is 14.3. The number of carbonyl (C=O) groups excluding carboxylic acids is 1. The van der Waals surface area contributed by atoms with Crippen molar-refractivity contribution in [3.8, 4) is 5.75 Å². The minimum Gasteiger partial charge on any atom is -0.483 e. The van der Waals surface area contributed by atoms with Gasteiger partial charge in [0.2, 0.25) is 0 Å². The van der Waals surface area contributed by atoms with Crippen LogP contribution in [-0.4, -0.2) is 23.8 Å². The van der Waals surface area contributed by atoms with Crippen molar-refractivity contribution >= 4 is 40.3 Å². The number of hydrogen-bond donors (Lipinski definition) is 0. The van der Waals surface area contributed by atoms with Gasteiger partial charge >= 0.3 is 5.97 Å². The lowest BCUT2D eigenvalue weighted by molar-refractivity contribution is 0.0586. The van der Waals surface area contributed by atoms with Crippen LogP contribution in [0, 0.1) is 13.8 Å². The average molecular weight is 448 g/mol. The third-order valence-corrected chi connectivity index (χ3v) is 5.72. The molecule has 0 aliphatic rings. The van der Waals surface area contributed by atoms with Crippen LogP contribution in [0.1, 0.15) is 47.1 Å². The van der Waals surface area contributed by atoms with Gasteiger partial charge in [-0.25, -0.2) is 9.78 Å². The van der Waals surface area contributed by atoms with Crippen molar-refractivity contribution in [2.75, 3.05) is 12.9 Å². The number of pyridine rings is 1. The van der Waals surface area contributed by atoms with Crippen molar-refractivity contribution in [1.82, 2.24) is 4.98 Å². The molecule has 0 spiro atoms. The van der Waals surface area contributed by atoms with Crippen LogP contribution >= 0.6 is 23.4 Å². The summed E-state index contributed by atoms with van der Waals surface area (Å²) < 4.78 is 17.0. The summed E-state index contributed by atoms with van der Waals surface area (Å²) in [6.45, 7) is 7.49. The fourth-order valence-electron chi connectivity index (χ4n) is 3.13. The van der Waals surface area contributed by atoms with Crippen LogP contribution in [0.25, 0.3) is 11.0 Å². The summed E-state index contributed by atoms with van der Waals surface area (Å²) >= 11 is 7.40. The van der Waals surface area contributed by atoms with E-state index in [1.807, 2.05) is 32.9 Å². The van der Waals surface area contributed by atoms with Crippen molar-refractivity contribution in [2.45, 2.75) is 38.9 Å². The Hall–Kier alpha value is -2.51. The maximum Gasteiger partial charge on any atom is 0.360 e. The summed E-state index contributed by atoms with van der Waals surface area (Å²) in [6, 6.07) is 6.82. The number of benzene rings is 1. The Kier molecular flexibility index (Phi) is 6.73. The van der Waals surface area contributed by atoms with E-state index in [4.69, 9.17) is 25.5 Å². The Morgan fingerprint density at radius 2 is 2.03 bits per heavy atom. The standard InChI is InChI=1S/C22H22ClNO5S/c1-6-30-22-12(3)19(25)15-10-11(2)9-14(20(15)29-22)13(4)28-16-7-8-17(23)24-18(16)21(26)27-5/h7-10,13H,6H2,1-5H3/t13-/m1/s1. The molecular weight excluding hydrogens is 426 g/mol. The molecule has 0 bridgehead atoms. The molecule has 8 heteroatoms. The van der Waals surface area contributed by atoms with Crippen molar-refractivity contribution in [3.05, 3.63) is 62.0 Å². The van der Waals surface area contributed by atoms with Crippen LogP contribution in [0.3, 0.4) is 0 Å². The zero-order valence-electron chi connectivity index (χ0n) is 17.4. The van der Waals surface area contributed by atoms with Crippen LogP contribution in [0.15, 0.2) is 38.6 Å². The zero-order chi connectivity index (χ0) is 22.0. The van der Waals surface area contributed by atoms with Crippen LogP contribution in [0.4, 0.5) is 0 Å². The van der Waals surface area contributed by atoms with E-state index in [0.29, 0.717) is 27.2 Å². The summed E-state index contributed by atoms with van der Waals surface area (Å²) in [4.78, 5) is 29.0. The SMILES string of the molecule is CCSc1oc2c([C@@H](C)Oc3ccc(Cl)nc3C(=O)OC)cc(C)cc2c(=O)c1C. The number of fused-ring (bicyclic) bond motifs is 1. The Balaban J connectivity index is 2.13. The number of methoxy groups -OCH3 is 1. The number of aryl methyl sites for hydroxylation is 1. The highest BCUT2D eigenvalue weighted by Crippen LogP contribution is 2.33. The molecule has 158 valence electrons. The molecule has 0 aliphatic heterocycles. The monoisotopic (exact) mass is 447 g/mol. The second kappa shape index (κ2) is 9.10. The molecule has 30 heavy (non-hydrogen) atoms. The van der Waals surface area contributed by atoms with Gasteiger partial charge in [-0.3, -0.25) is 4.79 Å². The second-order valence-corrected chi connectivity index (χ2v) is 8.36. The number of nitrogens with zero attached hydrogens (tertiary/aromatic N) is 1. The topological polar surface area (TPSA) is 78.6 Å². The molecule has 1 atom stereocenters. The van der Waals surface area contributed by atoms with Crippen molar-refractivity contribution in [1.29, 1.82) is 0 Å². The number of halogens is 1. The van der Waals surface area contributed by atoms with Gasteiger partial charge in [0.25, 0.3) is 0 Å². The molecule has 2 heterocycles. The van der Waals surface area contributed by atoms with Gasteiger partial charge in [0, 0.05) is 11.1 Å². The number of ether oxygens (including phenoxy) is 2. The lowest BCUT2D eigenvalue weighted by atomic mass is 10.0. The normalized spacial score (nSPS) is 12.1. The molecular formula is C22H22ClNO5S. The first kappa shape index (κ1) is 22.2. The van der Waals surface area contributed by atoms with E-state index >= 15 is 0 Å². The molecule has 0 radical (unpaired) electrons. The lowest BCUT2D eigenvalue weighted by Gasteiger charge is -2.19. The summed E-state index contributed by atoms with van der Waals surface area (Å²) in [5.41, 5.74) is 2.58. The Morgan fingerprint density at radius 1 is 1.30 bits per heavy atom. The molecule has 3 rings (SSSR count). The number of thioether (sulfide) groups is 1. The number of hydrogen-bond acceptors (Lipinski definition) is 7. The van der Waals surface area contributed by atoms with Crippen LogP contribution < -0.4 is 10.2 Å². The highest BCUT2D eigenvalue weighted by atomic mass is 35.5. The molecule has 0 unspecified atom stereocenters. The van der Waals surface area contributed by atoms with Crippen LogP contribution in [-0.2, 0) is 4.74 Å². The highest BCUT2D eigenvalue weighted by molar-refractivity contribution is 7.99. The number of rotatable bonds is 6. The minimum absolute atomic E-state index is 0.0201. The minimum atomic E-state index is -0.655. The molecule has 0 amide bonds. The van der Waals surface area contributed by atoms with E-state index < -0.39 is 12.1 Å². The van der Waals surface area contributed by atoms with E-state index in [0.717, 1.165) is 11.3 Å². The average Bonchev–Trinajstić information content (AvgIpc) is 2.72. The van der Waals surface area contributed by atoms with Crippen LogP contribution in [0.5, 0.6) is 5.75 Å². The van der Waals surface area contributed by atoms with Gasteiger partial charge < -0.3 is 13.9 Å². The van der Waals surface area contributed by atoms with Crippen molar-refractivity contribution in [3.63, 3.8) is 0 Å². The Labute approximate surface area is 183 Å². The summed E-state index contributed by atoms with van der Waals surface area (Å²) in [5, 5.41) is 1.25. The van der Waals surface area contributed by atoms with Gasteiger partial charge in [-0.2, -0.15) is 0 Å². The van der Waals surface area contributed by atoms with E-state index in [2.05, 4.69) is 4.98 Å². The number of aromatic nitrogens is 1. The molecule has 0 saturated carbocycles. The van der Waals surface area contributed by atoms with Crippen molar-refractivity contribution < 1.29 is 18.7 Å². The van der Waals surface area contributed by atoms with Gasteiger partial charge in [0.05, 0.1) is 12.5 Å². The Morgan fingerprint density at radius 3 is 2.70 bits per heavy atom. The predicted molar refractivity (Wildman–Crippen MR) is 118 cm³/mol. The van der Waals surface area contributed by atoms with E-state index in [-0.39, 0.29) is 22.0 Å². The van der Waals surface area contributed by atoms with Gasteiger partial charge in [0.15, 0.2) is 22.0 Å². The van der Waals surface area contributed by atoms with Gasteiger partial charge in [-0.15, -0.1) is 0 Å². The summed E-state index contributed by atoms with van der Waals surface area (Å²) in [7, 11) is 1.26. The van der Waals surface area contributed by atoms with Crippen LogP contribution in [0.2, 0.25) is 5.15 Å². The molecule has 2 aromatic heterocycles. The van der Waals surface area contributed by atoms with Gasteiger partial charge in [0.1, 0.15) is 16.8 Å². The van der Waals surface area contributed by atoms with E-state index in [1.165, 1.54) is 24.9 Å². The summed E-state index contributed by atoms with van der Waals surface area (Å²) in [5.74, 6) is 0.352. The molecule has 0 N–H and O–H groups in total. The smallest absolute Gasteiger partial charge is 0.360 e. The Bertz CT molecular complexity index is 1170. The summed E-state index contributed by atoms with van der Waals surface area (Å²) in [6.07, 6.45) is -0.538. The molecule has 3 aromatic rings. The molecule has 0 fully saturated rings. The van der Waals surface area contributed by atoms with E-state index in [1.54, 1.807) is 13.0 Å². The van der Waals surface area contributed by atoms with Crippen molar-refractivity contribution in [2.24, 2.45) is 0 Å². The zero-order valence-corrected chi connectivity index (χ0v) is 18.9. The number of carbonyl (C=O) groups is 1. The largest absolute Gasteiger partial charge is 0.483 e. The fraction of sp³-hybridized carbons (Fsp3) is 0.318. The fourth-order valence-corrected chi connectivity index (χ4v) is 3.99. The maximum atomic E-state index is 12.9. The number of esters is 1. The van der Waals surface area contributed by atoms with E-state index in [9.17, 15) is 9.59 Å². The highest BCUT2D eigenvalue weighted by Gasteiger charge is 2.22. The lowest BCUT2D eigenvalue weighted by Crippen LogP contribution is -2.13. The predicted octanol–water partition coefficient (Wildman–Crippen LogP) is 5.50. The molecule has 0 aliphatic carbocycles. The molecule has 0 saturated heterocycles. The first-order valence-electron chi connectivity index (χ1n) is 9.39. The third kappa shape index (κ3) is 4.32. The molecule has 6 nitrogen and oxygen atoms in total.